The van der Waals surface area contributed by atoms with Crippen LogP contribution in [-0.2, 0) is 4.74 Å². The molecule has 0 radical (unpaired) electrons. The van der Waals surface area contributed by atoms with Gasteiger partial charge in [-0.15, -0.1) is 0 Å². The lowest BCUT2D eigenvalue weighted by Gasteiger charge is -2.10. The Morgan fingerprint density at radius 2 is 1.78 bits per heavy atom. The number of ether oxygens (including phenoxy) is 1. The van der Waals surface area contributed by atoms with Gasteiger partial charge in [-0.05, 0) is 27.7 Å². The molecule has 0 bridgehead atoms. The Bertz CT molecular complexity index is 99.7. The zero-order valence-corrected chi connectivity index (χ0v) is 6.69. The van der Waals surface area contributed by atoms with E-state index < -0.39 is 0 Å². The molecule has 1 heteroatoms. The number of hydrogen-bond donors (Lipinski definition) is 0. The molecule has 0 atom stereocenters. The third kappa shape index (κ3) is 1.62. The van der Waals surface area contributed by atoms with Crippen LogP contribution in [0.2, 0.25) is 0 Å². The Morgan fingerprint density at radius 1 is 1.22 bits per heavy atom. The van der Waals surface area contributed by atoms with E-state index in [-0.39, 0.29) is 11.0 Å². The highest BCUT2D eigenvalue weighted by Crippen LogP contribution is 2.40. The first-order chi connectivity index (χ1) is 3.91. The topological polar surface area (TPSA) is 9.23 Å². The molecule has 0 aromatic carbocycles. The summed E-state index contributed by atoms with van der Waals surface area (Å²) in [5, 5.41) is 0. The van der Waals surface area contributed by atoms with E-state index in [4.69, 9.17) is 4.74 Å². The molecule has 9 heavy (non-hydrogen) atoms. The van der Waals surface area contributed by atoms with Gasteiger partial charge in [-0.1, -0.05) is 0 Å². The van der Waals surface area contributed by atoms with E-state index in [2.05, 4.69) is 27.7 Å². The van der Waals surface area contributed by atoms with Gasteiger partial charge in [-0.25, -0.2) is 0 Å². The minimum Gasteiger partial charge on any atom is -0.190 e. The molecule has 0 aromatic rings. The quantitative estimate of drug-likeness (QED) is 0.454. The summed E-state index contributed by atoms with van der Waals surface area (Å²) < 4.78 is 5.43. The van der Waals surface area contributed by atoms with E-state index in [1.54, 1.807) is 0 Å². The first-order valence-electron chi connectivity index (χ1n) is 3.44. The van der Waals surface area contributed by atoms with Crippen LogP contribution in [0.25, 0.3) is 0 Å². The van der Waals surface area contributed by atoms with Crippen LogP contribution in [0, 0.1) is 12.0 Å². The van der Waals surface area contributed by atoms with Crippen LogP contribution in [0.4, 0.5) is 0 Å². The molecule has 0 N–H and O–H groups in total. The Kier molecular flexibility index (Phi) is 1.28. The van der Waals surface area contributed by atoms with Crippen molar-refractivity contribution in [1.29, 1.82) is 0 Å². The van der Waals surface area contributed by atoms with Crippen molar-refractivity contribution >= 4 is 0 Å². The van der Waals surface area contributed by atoms with Gasteiger partial charge in [-0.2, -0.15) is 4.74 Å². The van der Waals surface area contributed by atoms with Crippen LogP contribution in [0.15, 0.2) is 0 Å². The second-order valence-corrected chi connectivity index (χ2v) is 4.16. The summed E-state index contributed by atoms with van der Waals surface area (Å²) in [6, 6.07) is 0. The van der Waals surface area contributed by atoms with E-state index >= 15 is 0 Å². The molecule has 1 aliphatic rings. The normalized spacial score (nSPS) is 29.8. The SMILES string of the molecule is CC1(C)[CH+]OC(C)(C)C1. The van der Waals surface area contributed by atoms with Gasteiger partial charge in [0.1, 0.15) is 11.0 Å². The minimum atomic E-state index is 0.0729. The molecule has 1 aliphatic heterocycles. The van der Waals surface area contributed by atoms with Crippen LogP contribution >= 0.6 is 0 Å². The molecular formula is C8H15O+. The standard InChI is InChI=1S/C8H15O/c1-7(2)5-8(3,4)9-6-7/h6H,5H2,1-4H3/q+1. The molecule has 1 rings (SSSR count). The Labute approximate surface area is 57.4 Å². The largest absolute Gasteiger partial charge is 0.233 e. The van der Waals surface area contributed by atoms with Crippen LogP contribution < -0.4 is 0 Å². The van der Waals surface area contributed by atoms with Gasteiger partial charge in [0.05, 0.1) is 0 Å². The third-order valence-electron chi connectivity index (χ3n) is 1.58. The number of hydrogen-bond acceptors (Lipinski definition) is 1. The van der Waals surface area contributed by atoms with Crippen molar-refractivity contribution in [1.82, 2.24) is 0 Å². The van der Waals surface area contributed by atoms with Gasteiger partial charge in [0.2, 0.25) is 6.61 Å². The Hall–Kier alpha value is -0.170. The molecule has 0 saturated carbocycles. The fourth-order valence-electron chi connectivity index (χ4n) is 1.50. The van der Waals surface area contributed by atoms with Crippen molar-refractivity contribution in [2.24, 2.45) is 5.41 Å². The van der Waals surface area contributed by atoms with E-state index in [0.29, 0.717) is 0 Å². The molecule has 0 aliphatic carbocycles. The van der Waals surface area contributed by atoms with Crippen molar-refractivity contribution in [3.8, 4) is 0 Å². The van der Waals surface area contributed by atoms with Gasteiger partial charge in [0, 0.05) is 6.42 Å². The molecule has 1 heterocycles. The van der Waals surface area contributed by atoms with Crippen molar-refractivity contribution in [2.75, 3.05) is 0 Å². The zero-order valence-electron chi connectivity index (χ0n) is 6.69. The molecule has 0 amide bonds. The van der Waals surface area contributed by atoms with Crippen molar-refractivity contribution < 1.29 is 4.74 Å². The fraction of sp³-hybridized carbons (Fsp3) is 0.875. The molecule has 52 valence electrons. The van der Waals surface area contributed by atoms with Gasteiger partial charge in [0.15, 0.2) is 0 Å². The fourth-order valence-corrected chi connectivity index (χ4v) is 1.50. The smallest absolute Gasteiger partial charge is 0.190 e. The summed E-state index contributed by atoms with van der Waals surface area (Å²) in [6.07, 6.45) is 1.12. The second kappa shape index (κ2) is 1.66. The second-order valence-electron chi connectivity index (χ2n) is 4.16. The first-order valence-corrected chi connectivity index (χ1v) is 3.44. The van der Waals surface area contributed by atoms with E-state index in [0.717, 1.165) is 6.42 Å². The average molecular weight is 127 g/mol. The molecule has 0 spiro atoms. The lowest BCUT2D eigenvalue weighted by atomic mass is 9.86. The molecule has 1 saturated heterocycles. The van der Waals surface area contributed by atoms with E-state index in [1.165, 1.54) is 0 Å². The monoisotopic (exact) mass is 127 g/mol. The molecular weight excluding hydrogens is 112 g/mol. The Morgan fingerprint density at radius 3 is 1.89 bits per heavy atom. The predicted octanol–water partition coefficient (Wildman–Crippen LogP) is 2.37. The van der Waals surface area contributed by atoms with E-state index in [1.807, 2.05) is 6.61 Å². The molecule has 1 nitrogen and oxygen atoms in total. The van der Waals surface area contributed by atoms with Crippen molar-refractivity contribution in [3.05, 3.63) is 6.61 Å². The summed E-state index contributed by atoms with van der Waals surface area (Å²) in [5.74, 6) is 0. The first kappa shape index (κ1) is 6.94. The molecule has 0 aromatic heterocycles. The van der Waals surface area contributed by atoms with Crippen molar-refractivity contribution in [3.63, 3.8) is 0 Å². The van der Waals surface area contributed by atoms with Crippen LogP contribution in [-0.4, -0.2) is 5.60 Å². The van der Waals surface area contributed by atoms with Crippen LogP contribution in [0.3, 0.4) is 0 Å². The third-order valence-corrected chi connectivity index (χ3v) is 1.58. The van der Waals surface area contributed by atoms with Gasteiger partial charge >= 0.3 is 0 Å². The maximum atomic E-state index is 5.43. The zero-order chi connectivity index (χ0) is 7.12. The van der Waals surface area contributed by atoms with Gasteiger partial charge < -0.3 is 0 Å². The molecule has 0 unspecified atom stereocenters. The maximum Gasteiger partial charge on any atom is 0.233 e. The van der Waals surface area contributed by atoms with Gasteiger partial charge in [0.25, 0.3) is 0 Å². The summed E-state index contributed by atoms with van der Waals surface area (Å²) in [4.78, 5) is 0. The van der Waals surface area contributed by atoms with Crippen LogP contribution in [0.1, 0.15) is 34.1 Å². The molecule has 1 fully saturated rings. The van der Waals surface area contributed by atoms with Gasteiger partial charge in [-0.3, -0.25) is 0 Å². The summed E-state index contributed by atoms with van der Waals surface area (Å²) in [5.41, 5.74) is 0.354. The minimum absolute atomic E-state index is 0.0729. The maximum absolute atomic E-state index is 5.43. The summed E-state index contributed by atoms with van der Waals surface area (Å²) >= 11 is 0. The van der Waals surface area contributed by atoms with E-state index in [9.17, 15) is 0 Å². The predicted molar refractivity (Wildman–Crippen MR) is 37.9 cm³/mol. The summed E-state index contributed by atoms with van der Waals surface area (Å²) in [7, 11) is 0. The highest BCUT2D eigenvalue weighted by Gasteiger charge is 2.46. The van der Waals surface area contributed by atoms with Crippen LogP contribution in [0.5, 0.6) is 0 Å². The average Bonchev–Trinajstić information content (AvgIpc) is 1.78. The number of rotatable bonds is 0. The Balaban J connectivity index is 2.58. The highest BCUT2D eigenvalue weighted by molar-refractivity contribution is 4.93. The summed E-state index contributed by atoms with van der Waals surface area (Å²) in [6.45, 7) is 10.6. The van der Waals surface area contributed by atoms with Crippen molar-refractivity contribution in [2.45, 2.75) is 39.7 Å². The lowest BCUT2D eigenvalue weighted by Crippen LogP contribution is -2.18. The highest BCUT2D eigenvalue weighted by atomic mass is 16.5. The lowest BCUT2D eigenvalue weighted by molar-refractivity contribution is 0.0703.